The summed E-state index contributed by atoms with van der Waals surface area (Å²) in [7, 11) is 1.32. The average Bonchev–Trinajstić information content (AvgIpc) is 2.94. The zero-order chi connectivity index (χ0) is 18.0. The lowest BCUT2D eigenvalue weighted by Crippen LogP contribution is -2.42. The summed E-state index contributed by atoms with van der Waals surface area (Å²) in [5.74, 6) is -0.705. The first kappa shape index (κ1) is 17.9. The van der Waals surface area contributed by atoms with Crippen LogP contribution in [0.3, 0.4) is 0 Å². The summed E-state index contributed by atoms with van der Waals surface area (Å²) in [5.41, 5.74) is 1.96. The van der Waals surface area contributed by atoms with Gasteiger partial charge in [0.05, 0.1) is 7.11 Å². The van der Waals surface area contributed by atoms with Gasteiger partial charge < -0.3 is 15.0 Å². The van der Waals surface area contributed by atoms with Gasteiger partial charge in [0.2, 0.25) is 0 Å². The Morgan fingerprint density at radius 1 is 1.52 bits per heavy atom. The van der Waals surface area contributed by atoms with Gasteiger partial charge in [0, 0.05) is 24.8 Å². The van der Waals surface area contributed by atoms with Crippen molar-refractivity contribution in [3.05, 3.63) is 39.6 Å². The number of hydrogen-bond acceptors (Lipinski definition) is 6. The number of benzene rings is 1. The van der Waals surface area contributed by atoms with Crippen LogP contribution in [0.4, 0.5) is 15.2 Å². The maximum Gasteiger partial charge on any atom is 0.351 e. The van der Waals surface area contributed by atoms with Crippen molar-refractivity contribution < 1.29 is 13.9 Å². The van der Waals surface area contributed by atoms with E-state index in [1.54, 1.807) is 6.07 Å². The van der Waals surface area contributed by atoms with Crippen LogP contribution in [-0.4, -0.2) is 37.2 Å². The number of carbonyl (C=O) groups is 1. The van der Waals surface area contributed by atoms with Crippen LogP contribution in [0.5, 0.6) is 0 Å². The zero-order valence-electron chi connectivity index (χ0n) is 14.0. The van der Waals surface area contributed by atoms with E-state index in [-0.39, 0.29) is 17.0 Å². The van der Waals surface area contributed by atoms with Crippen molar-refractivity contribution >= 4 is 39.7 Å². The standard InChI is InChI=1S/C17H19ClFN3O2S/c1-10-8-11(19)5-6-13(10)22-7-3-4-12(9-22)20-17-21-15(18)14(25-17)16(23)24-2/h5-6,8,12H,3-4,7,9H2,1-2H3,(H,20,21)/t12-/m1/s1. The second-order valence-electron chi connectivity index (χ2n) is 5.99. The van der Waals surface area contributed by atoms with E-state index < -0.39 is 5.97 Å². The highest BCUT2D eigenvalue weighted by atomic mass is 35.5. The van der Waals surface area contributed by atoms with Crippen molar-refractivity contribution in [1.29, 1.82) is 0 Å². The molecule has 0 radical (unpaired) electrons. The molecule has 134 valence electrons. The van der Waals surface area contributed by atoms with E-state index in [2.05, 4.69) is 15.2 Å². The summed E-state index contributed by atoms with van der Waals surface area (Å²) in [5, 5.41) is 4.11. The fourth-order valence-corrected chi connectivity index (χ4v) is 4.22. The number of nitrogens with zero attached hydrogens (tertiary/aromatic N) is 2. The number of ether oxygens (including phenoxy) is 1. The van der Waals surface area contributed by atoms with Crippen LogP contribution in [-0.2, 0) is 4.74 Å². The highest BCUT2D eigenvalue weighted by Gasteiger charge is 2.24. The van der Waals surface area contributed by atoms with Gasteiger partial charge in [-0.3, -0.25) is 0 Å². The molecule has 0 unspecified atom stereocenters. The Morgan fingerprint density at radius 3 is 3.04 bits per heavy atom. The quantitative estimate of drug-likeness (QED) is 0.805. The number of carbonyl (C=O) groups excluding carboxylic acids is 1. The van der Waals surface area contributed by atoms with Crippen LogP contribution in [0.25, 0.3) is 0 Å². The minimum atomic E-state index is -0.484. The highest BCUT2D eigenvalue weighted by Crippen LogP contribution is 2.30. The lowest BCUT2D eigenvalue weighted by atomic mass is 10.0. The maximum atomic E-state index is 13.3. The summed E-state index contributed by atoms with van der Waals surface area (Å²) in [4.78, 5) is 18.4. The normalized spacial score (nSPS) is 17.4. The molecule has 1 aromatic heterocycles. The minimum absolute atomic E-state index is 0.154. The van der Waals surface area contributed by atoms with Crippen molar-refractivity contribution in [3.63, 3.8) is 0 Å². The van der Waals surface area contributed by atoms with Gasteiger partial charge in [-0.2, -0.15) is 0 Å². The lowest BCUT2D eigenvalue weighted by molar-refractivity contribution is 0.0606. The predicted octanol–water partition coefficient (Wildman–Crippen LogP) is 4.11. The topological polar surface area (TPSA) is 54.5 Å². The molecular formula is C17H19ClFN3O2S. The molecule has 25 heavy (non-hydrogen) atoms. The molecule has 0 spiro atoms. The summed E-state index contributed by atoms with van der Waals surface area (Å²) >= 11 is 7.20. The van der Waals surface area contributed by atoms with Gasteiger partial charge in [-0.05, 0) is 43.5 Å². The van der Waals surface area contributed by atoms with E-state index in [4.69, 9.17) is 16.3 Å². The maximum absolute atomic E-state index is 13.3. The Kier molecular flexibility index (Phi) is 5.44. The number of aryl methyl sites for hydroxylation is 1. The molecule has 1 aromatic carbocycles. The first-order valence-corrected chi connectivity index (χ1v) is 9.19. The Labute approximate surface area is 154 Å². The Bertz CT molecular complexity index is 783. The molecule has 1 fully saturated rings. The Hall–Kier alpha value is -1.86. The van der Waals surface area contributed by atoms with E-state index in [1.165, 1.54) is 24.5 Å². The molecular weight excluding hydrogens is 365 g/mol. The first-order valence-electron chi connectivity index (χ1n) is 8.00. The van der Waals surface area contributed by atoms with Gasteiger partial charge in [-0.1, -0.05) is 22.9 Å². The summed E-state index contributed by atoms with van der Waals surface area (Å²) in [6, 6.07) is 5.03. The number of rotatable bonds is 4. The van der Waals surface area contributed by atoms with Crippen LogP contribution in [0.15, 0.2) is 18.2 Å². The summed E-state index contributed by atoms with van der Waals surface area (Å²) < 4.78 is 18.0. The van der Waals surface area contributed by atoms with Gasteiger partial charge in [0.15, 0.2) is 15.2 Å². The molecule has 2 aromatic rings. The van der Waals surface area contributed by atoms with E-state index in [1.807, 2.05) is 13.0 Å². The fraction of sp³-hybridized carbons (Fsp3) is 0.412. The molecule has 8 heteroatoms. The van der Waals surface area contributed by atoms with Gasteiger partial charge in [0.1, 0.15) is 5.82 Å². The first-order chi connectivity index (χ1) is 12.0. The minimum Gasteiger partial charge on any atom is -0.465 e. The molecule has 1 N–H and O–H groups in total. The predicted molar refractivity (Wildman–Crippen MR) is 98.5 cm³/mol. The molecule has 2 heterocycles. The molecule has 1 atom stereocenters. The van der Waals surface area contributed by atoms with Gasteiger partial charge in [-0.25, -0.2) is 14.2 Å². The van der Waals surface area contributed by atoms with Crippen molar-refractivity contribution in [2.24, 2.45) is 0 Å². The van der Waals surface area contributed by atoms with Crippen molar-refractivity contribution in [2.45, 2.75) is 25.8 Å². The SMILES string of the molecule is COC(=O)c1sc(N[C@@H]2CCCN(c3ccc(F)cc3C)C2)nc1Cl. The van der Waals surface area contributed by atoms with E-state index in [0.29, 0.717) is 10.0 Å². The molecule has 1 aliphatic heterocycles. The van der Waals surface area contributed by atoms with Crippen LogP contribution < -0.4 is 10.2 Å². The monoisotopic (exact) mass is 383 g/mol. The highest BCUT2D eigenvalue weighted by molar-refractivity contribution is 7.18. The second kappa shape index (κ2) is 7.58. The van der Waals surface area contributed by atoms with Crippen molar-refractivity contribution in [1.82, 2.24) is 4.98 Å². The van der Waals surface area contributed by atoms with Crippen LogP contribution in [0.1, 0.15) is 28.1 Å². The summed E-state index contributed by atoms with van der Waals surface area (Å²) in [6.45, 7) is 3.62. The lowest BCUT2D eigenvalue weighted by Gasteiger charge is -2.35. The number of piperidine rings is 1. The van der Waals surface area contributed by atoms with E-state index in [9.17, 15) is 9.18 Å². The number of esters is 1. The smallest absolute Gasteiger partial charge is 0.351 e. The number of aromatic nitrogens is 1. The Balaban J connectivity index is 1.71. The molecule has 0 amide bonds. The number of anilines is 2. The van der Waals surface area contributed by atoms with Crippen LogP contribution in [0.2, 0.25) is 5.15 Å². The van der Waals surface area contributed by atoms with Crippen molar-refractivity contribution in [2.75, 3.05) is 30.4 Å². The van der Waals surface area contributed by atoms with Gasteiger partial charge >= 0.3 is 5.97 Å². The number of methoxy groups -OCH3 is 1. The van der Waals surface area contributed by atoms with Gasteiger partial charge in [0.25, 0.3) is 0 Å². The van der Waals surface area contributed by atoms with Gasteiger partial charge in [-0.15, -0.1) is 0 Å². The third-order valence-electron chi connectivity index (χ3n) is 4.21. The molecule has 5 nitrogen and oxygen atoms in total. The second-order valence-corrected chi connectivity index (χ2v) is 7.35. The third kappa shape index (κ3) is 4.04. The third-order valence-corrected chi connectivity index (χ3v) is 5.56. The number of nitrogens with one attached hydrogen (secondary N) is 1. The number of halogens is 2. The Morgan fingerprint density at radius 2 is 2.32 bits per heavy atom. The molecule has 1 aliphatic rings. The largest absolute Gasteiger partial charge is 0.465 e. The molecule has 0 bridgehead atoms. The average molecular weight is 384 g/mol. The van der Waals surface area contributed by atoms with E-state index in [0.717, 1.165) is 37.2 Å². The van der Waals surface area contributed by atoms with Crippen LogP contribution in [0, 0.1) is 12.7 Å². The fourth-order valence-electron chi connectivity index (χ4n) is 3.04. The number of hydrogen-bond donors (Lipinski definition) is 1. The molecule has 1 saturated heterocycles. The summed E-state index contributed by atoms with van der Waals surface area (Å²) in [6.07, 6.45) is 2.00. The molecule has 3 rings (SSSR count). The molecule has 0 saturated carbocycles. The number of thiazole rings is 1. The van der Waals surface area contributed by atoms with E-state index >= 15 is 0 Å². The zero-order valence-corrected chi connectivity index (χ0v) is 15.6. The van der Waals surface area contributed by atoms with Crippen LogP contribution >= 0.6 is 22.9 Å². The molecule has 0 aliphatic carbocycles. The van der Waals surface area contributed by atoms with Crippen molar-refractivity contribution in [3.8, 4) is 0 Å².